The van der Waals surface area contributed by atoms with Crippen LogP contribution in [0.4, 0.5) is 17.1 Å². The molecule has 0 atom stereocenters. The first kappa shape index (κ1) is 31.4. The molecule has 2 heteroatoms. The van der Waals surface area contributed by atoms with E-state index in [1.54, 1.807) is 0 Å². The van der Waals surface area contributed by atoms with Crippen molar-refractivity contribution >= 4 is 49.6 Å². The lowest BCUT2D eigenvalue weighted by Crippen LogP contribution is -2.28. The largest absolute Gasteiger partial charge is 0.456 e. The Labute approximate surface area is 320 Å². The van der Waals surface area contributed by atoms with Crippen LogP contribution in [0.1, 0.15) is 22.3 Å². The molecule has 55 heavy (non-hydrogen) atoms. The molecule has 10 aromatic rings. The zero-order valence-corrected chi connectivity index (χ0v) is 30.1. The zero-order valence-electron chi connectivity index (χ0n) is 30.1. The van der Waals surface area contributed by atoms with Gasteiger partial charge in [-0.2, -0.15) is 0 Å². The van der Waals surface area contributed by atoms with Gasteiger partial charge < -0.3 is 9.32 Å². The molecule has 0 spiro atoms. The van der Waals surface area contributed by atoms with E-state index < -0.39 is 5.41 Å². The first-order valence-electron chi connectivity index (χ1n) is 18.9. The normalized spacial score (nSPS) is 12.9. The molecule has 0 saturated carbocycles. The Morgan fingerprint density at radius 3 is 1.51 bits per heavy atom. The van der Waals surface area contributed by atoms with Gasteiger partial charge in [-0.05, 0) is 97.9 Å². The summed E-state index contributed by atoms with van der Waals surface area (Å²) in [6.45, 7) is 0. The van der Waals surface area contributed by atoms with Crippen molar-refractivity contribution in [1.82, 2.24) is 0 Å². The van der Waals surface area contributed by atoms with Crippen molar-refractivity contribution in [3.63, 3.8) is 0 Å². The van der Waals surface area contributed by atoms with Gasteiger partial charge in [0.05, 0.1) is 5.41 Å². The van der Waals surface area contributed by atoms with Crippen LogP contribution >= 0.6 is 0 Å². The third-order valence-electron chi connectivity index (χ3n) is 11.5. The van der Waals surface area contributed by atoms with Crippen LogP contribution in [0.15, 0.2) is 217 Å². The summed E-state index contributed by atoms with van der Waals surface area (Å²) >= 11 is 0. The minimum Gasteiger partial charge on any atom is -0.456 e. The summed E-state index contributed by atoms with van der Waals surface area (Å²) in [6, 6.07) is 76.9. The molecular weight excluding hydrogens is 667 g/mol. The maximum atomic E-state index is 6.75. The summed E-state index contributed by atoms with van der Waals surface area (Å²) in [5.74, 6) is 0.951. The van der Waals surface area contributed by atoms with Crippen LogP contribution in [0.2, 0.25) is 0 Å². The lowest BCUT2D eigenvalue weighted by molar-refractivity contribution is 0.628. The average molecular weight is 702 g/mol. The molecule has 0 unspecified atom stereocenters. The third-order valence-corrected chi connectivity index (χ3v) is 11.5. The summed E-state index contributed by atoms with van der Waals surface area (Å²) in [5.41, 5.74) is 12.1. The van der Waals surface area contributed by atoms with Gasteiger partial charge in [0.2, 0.25) is 0 Å². The Morgan fingerprint density at radius 1 is 0.382 bits per heavy atom. The summed E-state index contributed by atoms with van der Waals surface area (Å²) in [5, 5.41) is 6.04. The van der Waals surface area contributed by atoms with Gasteiger partial charge in [-0.15, -0.1) is 0 Å². The number of nitrogens with zero attached hydrogens (tertiary/aromatic N) is 1. The van der Waals surface area contributed by atoms with Gasteiger partial charge in [-0.1, -0.05) is 164 Å². The number of anilines is 3. The molecule has 0 bridgehead atoms. The second-order valence-electron chi connectivity index (χ2n) is 14.5. The average Bonchev–Trinajstić information content (AvgIpc) is 3.78. The van der Waals surface area contributed by atoms with Crippen LogP contribution in [0.3, 0.4) is 0 Å². The summed E-state index contributed by atoms with van der Waals surface area (Å²) in [4.78, 5) is 2.37. The van der Waals surface area contributed by atoms with Gasteiger partial charge in [-0.25, -0.2) is 0 Å². The molecule has 1 aromatic heterocycles. The second kappa shape index (κ2) is 12.5. The Morgan fingerprint density at radius 2 is 0.891 bits per heavy atom. The standard InChI is InChI=1S/C53H35NO/c1-3-17-42(18-4-1)53(43-19-5-2-6-20-43)49-35-41(27-32-47(49)52-51(53)48-21-11-12-22-50(48)55-52)38-23-28-44(29-24-38)54(45-30-25-36-13-7-9-15-39(36)33-45)46-31-26-37-14-8-10-16-40(37)34-46/h1-35H. The van der Waals surface area contributed by atoms with E-state index >= 15 is 0 Å². The maximum absolute atomic E-state index is 6.75. The Kier molecular flexibility index (Phi) is 7.11. The highest BCUT2D eigenvalue weighted by Crippen LogP contribution is 2.59. The van der Waals surface area contributed by atoms with Crippen LogP contribution in [0.5, 0.6) is 0 Å². The highest BCUT2D eigenvalue weighted by Gasteiger charge is 2.49. The third kappa shape index (κ3) is 4.89. The van der Waals surface area contributed by atoms with E-state index in [0.29, 0.717) is 0 Å². The van der Waals surface area contributed by atoms with Crippen molar-refractivity contribution in [2.45, 2.75) is 5.41 Å². The molecule has 0 radical (unpaired) electrons. The number of benzene rings is 9. The monoisotopic (exact) mass is 701 g/mol. The minimum absolute atomic E-state index is 0.557. The molecule has 9 aromatic carbocycles. The fourth-order valence-corrected chi connectivity index (χ4v) is 9.00. The van der Waals surface area contributed by atoms with E-state index in [1.807, 2.05) is 0 Å². The molecule has 11 rings (SSSR count). The van der Waals surface area contributed by atoms with E-state index in [0.717, 1.165) is 44.9 Å². The molecule has 258 valence electrons. The van der Waals surface area contributed by atoms with Gasteiger partial charge >= 0.3 is 0 Å². The van der Waals surface area contributed by atoms with Gasteiger partial charge in [0.25, 0.3) is 0 Å². The van der Waals surface area contributed by atoms with E-state index in [2.05, 4.69) is 217 Å². The van der Waals surface area contributed by atoms with Gasteiger partial charge in [-0.3, -0.25) is 0 Å². The lowest BCUT2D eigenvalue weighted by Gasteiger charge is -2.33. The van der Waals surface area contributed by atoms with Crippen LogP contribution in [0.25, 0.3) is 55.0 Å². The molecular formula is C53H35NO. The van der Waals surface area contributed by atoms with Crippen LogP contribution < -0.4 is 4.90 Å². The maximum Gasteiger partial charge on any atom is 0.140 e. The molecule has 1 aliphatic carbocycles. The Balaban J connectivity index is 1.08. The number of fused-ring (bicyclic) bond motifs is 7. The molecule has 0 amide bonds. The van der Waals surface area contributed by atoms with Crippen molar-refractivity contribution in [2.24, 2.45) is 0 Å². The second-order valence-corrected chi connectivity index (χ2v) is 14.5. The first-order valence-corrected chi connectivity index (χ1v) is 18.9. The van der Waals surface area contributed by atoms with Crippen molar-refractivity contribution in [3.8, 4) is 22.5 Å². The molecule has 1 heterocycles. The number of hydrogen-bond acceptors (Lipinski definition) is 2. The SMILES string of the molecule is c1ccc(C2(c3ccccc3)c3cc(-c4ccc(N(c5ccc6ccccc6c5)c5ccc6ccccc6c5)cc4)ccc3-c3oc4ccccc4c32)cc1. The number of para-hydroxylation sites is 1. The highest BCUT2D eigenvalue weighted by molar-refractivity contribution is 5.99. The molecule has 1 aliphatic rings. The predicted octanol–water partition coefficient (Wildman–Crippen LogP) is 14.2. The molecule has 0 fully saturated rings. The van der Waals surface area contributed by atoms with Crippen LogP contribution in [-0.2, 0) is 5.41 Å². The first-order chi connectivity index (χ1) is 27.3. The Hall–Kier alpha value is -7.16. The van der Waals surface area contributed by atoms with E-state index in [9.17, 15) is 0 Å². The summed E-state index contributed by atoms with van der Waals surface area (Å²) < 4.78 is 6.75. The zero-order chi connectivity index (χ0) is 36.3. The van der Waals surface area contributed by atoms with Crippen molar-refractivity contribution in [1.29, 1.82) is 0 Å². The Bertz CT molecular complexity index is 2910. The predicted molar refractivity (Wildman–Crippen MR) is 229 cm³/mol. The molecule has 0 N–H and O–H groups in total. The fraction of sp³-hybridized carbons (Fsp3) is 0.0189. The minimum atomic E-state index is -0.557. The van der Waals surface area contributed by atoms with Crippen LogP contribution in [0, 0.1) is 0 Å². The summed E-state index contributed by atoms with van der Waals surface area (Å²) in [6.07, 6.45) is 0. The number of rotatable bonds is 6. The number of furan rings is 1. The highest BCUT2D eigenvalue weighted by atomic mass is 16.3. The quantitative estimate of drug-likeness (QED) is 0.172. The van der Waals surface area contributed by atoms with Gasteiger partial charge in [0.15, 0.2) is 0 Å². The molecule has 0 aliphatic heterocycles. The van der Waals surface area contributed by atoms with Crippen molar-refractivity contribution in [2.75, 3.05) is 4.90 Å². The molecule has 0 saturated heterocycles. The topological polar surface area (TPSA) is 16.4 Å². The number of hydrogen-bond donors (Lipinski definition) is 0. The smallest absolute Gasteiger partial charge is 0.140 e. The van der Waals surface area contributed by atoms with Gasteiger partial charge in [0.1, 0.15) is 11.3 Å². The van der Waals surface area contributed by atoms with Crippen molar-refractivity contribution in [3.05, 3.63) is 235 Å². The fourth-order valence-electron chi connectivity index (χ4n) is 9.00. The summed E-state index contributed by atoms with van der Waals surface area (Å²) in [7, 11) is 0. The van der Waals surface area contributed by atoms with E-state index in [-0.39, 0.29) is 0 Å². The van der Waals surface area contributed by atoms with Crippen molar-refractivity contribution < 1.29 is 4.42 Å². The lowest BCUT2D eigenvalue weighted by atomic mass is 9.67. The van der Waals surface area contributed by atoms with Crippen LogP contribution in [-0.4, -0.2) is 0 Å². The van der Waals surface area contributed by atoms with E-state index in [4.69, 9.17) is 4.42 Å². The van der Waals surface area contributed by atoms with Gasteiger partial charge in [0, 0.05) is 33.6 Å². The molecule has 2 nitrogen and oxygen atoms in total. The van der Waals surface area contributed by atoms with E-state index in [1.165, 1.54) is 49.4 Å².